The Bertz CT molecular complexity index is 409. The third-order valence-corrected chi connectivity index (χ3v) is 4.55. The van der Waals surface area contributed by atoms with Gasteiger partial charge in [-0.2, -0.15) is 11.8 Å². The average Bonchev–Trinajstić information content (AvgIpc) is 2.33. The summed E-state index contributed by atoms with van der Waals surface area (Å²) in [6.07, 6.45) is 2.14. The Morgan fingerprint density at radius 3 is 2.32 bits per heavy atom. The fraction of sp³-hybridized carbons (Fsp3) is 0.533. The molecule has 1 unspecified atom stereocenters. The SMILES string of the molecule is CSC(CNCc1ccc(C(=O)O)cc1)C(C)(C)C. The van der Waals surface area contributed by atoms with Crippen LogP contribution in [0.2, 0.25) is 0 Å². The molecule has 0 aliphatic rings. The molecule has 19 heavy (non-hydrogen) atoms. The topological polar surface area (TPSA) is 49.3 Å². The third-order valence-electron chi connectivity index (χ3n) is 3.11. The summed E-state index contributed by atoms with van der Waals surface area (Å²) in [7, 11) is 0. The summed E-state index contributed by atoms with van der Waals surface area (Å²) >= 11 is 1.88. The Kier molecular flexibility index (Phi) is 5.88. The largest absolute Gasteiger partial charge is 0.478 e. The highest BCUT2D eigenvalue weighted by molar-refractivity contribution is 7.99. The number of carboxylic acids is 1. The first-order chi connectivity index (χ1) is 8.84. The zero-order valence-corrected chi connectivity index (χ0v) is 12.9. The maximum atomic E-state index is 10.7. The quantitative estimate of drug-likeness (QED) is 0.840. The van der Waals surface area contributed by atoms with Crippen molar-refractivity contribution in [2.45, 2.75) is 32.6 Å². The predicted molar refractivity (Wildman–Crippen MR) is 81.9 cm³/mol. The van der Waals surface area contributed by atoms with Crippen molar-refractivity contribution in [3.8, 4) is 0 Å². The van der Waals surface area contributed by atoms with Crippen LogP contribution in [0.5, 0.6) is 0 Å². The predicted octanol–water partition coefficient (Wildman–Crippen LogP) is 3.25. The van der Waals surface area contributed by atoms with Gasteiger partial charge in [0.2, 0.25) is 0 Å². The molecule has 0 aromatic heterocycles. The lowest BCUT2D eigenvalue weighted by Gasteiger charge is -2.29. The molecule has 1 aromatic rings. The van der Waals surface area contributed by atoms with E-state index in [-0.39, 0.29) is 5.41 Å². The third kappa shape index (κ3) is 5.25. The molecule has 2 N–H and O–H groups in total. The van der Waals surface area contributed by atoms with E-state index in [4.69, 9.17) is 5.11 Å². The highest BCUT2D eigenvalue weighted by Gasteiger charge is 2.22. The zero-order valence-electron chi connectivity index (χ0n) is 12.1. The van der Waals surface area contributed by atoms with Gasteiger partial charge in [-0.05, 0) is 29.4 Å². The molecule has 4 heteroatoms. The van der Waals surface area contributed by atoms with Crippen LogP contribution in [0.25, 0.3) is 0 Å². The van der Waals surface area contributed by atoms with E-state index in [2.05, 4.69) is 32.3 Å². The van der Waals surface area contributed by atoms with Gasteiger partial charge in [0.25, 0.3) is 0 Å². The van der Waals surface area contributed by atoms with E-state index in [9.17, 15) is 4.79 Å². The van der Waals surface area contributed by atoms with E-state index in [0.29, 0.717) is 10.8 Å². The Labute approximate surface area is 119 Å². The highest BCUT2D eigenvalue weighted by Crippen LogP contribution is 2.28. The first-order valence-corrected chi connectivity index (χ1v) is 7.69. The van der Waals surface area contributed by atoms with Crippen LogP contribution in [0.15, 0.2) is 24.3 Å². The summed E-state index contributed by atoms with van der Waals surface area (Å²) in [6, 6.07) is 7.02. The normalized spacial score (nSPS) is 13.3. The van der Waals surface area contributed by atoms with Crippen molar-refractivity contribution >= 4 is 17.7 Å². The molecule has 0 fully saturated rings. The molecule has 1 aromatic carbocycles. The van der Waals surface area contributed by atoms with Gasteiger partial charge in [0.15, 0.2) is 0 Å². The number of nitrogens with one attached hydrogen (secondary N) is 1. The number of hydrogen-bond acceptors (Lipinski definition) is 3. The van der Waals surface area contributed by atoms with E-state index in [1.54, 1.807) is 12.1 Å². The summed E-state index contributed by atoms with van der Waals surface area (Å²) < 4.78 is 0. The van der Waals surface area contributed by atoms with Crippen LogP contribution >= 0.6 is 11.8 Å². The molecule has 0 amide bonds. The highest BCUT2D eigenvalue weighted by atomic mass is 32.2. The molecule has 0 spiro atoms. The molecule has 1 atom stereocenters. The van der Waals surface area contributed by atoms with Crippen molar-refractivity contribution in [3.05, 3.63) is 35.4 Å². The molecule has 0 heterocycles. The molecule has 0 saturated carbocycles. The van der Waals surface area contributed by atoms with E-state index in [1.165, 1.54) is 0 Å². The Balaban J connectivity index is 2.47. The Morgan fingerprint density at radius 2 is 1.89 bits per heavy atom. The average molecular weight is 281 g/mol. The number of aromatic carboxylic acids is 1. The first kappa shape index (κ1) is 16.1. The van der Waals surface area contributed by atoms with Gasteiger partial charge in [0.1, 0.15) is 0 Å². The lowest BCUT2D eigenvalue weighted by atomic mass is 9.91. The summed E-state index contributed by atoms with van der Waals surface area (Å²) in [5.74, 6) is -0.880. The van der Waals surface area contributed by atoms with Crippen molar-refractivity contribution in [3.63, 3.8) is 0 Å². The Hall–Kier alpha value is -1.00. The second-order valence-corrected chi connectivity index (χ2v) is 6.76. The van der Waals surface area contributed by atoms with E-state index >= 15 is 0 Å². The van der Waals surface area contributed by atoms with Crippen molar-refractivity contribution in [1.29, 1.82) is 0 Å². The van der Waals surface area contributed by atoms with Crippen LogP contribution in [0.3, 0.4) is 0 Å². The van der Waals surface area contributed by atoms with Gasteiger partial charge in [0.05, 0.1) is 5.56 Å². The van der Waals surface area contributed by atoms with E-state index in [0.717, 1.165) is 18.7 Å². The minimum absolute atomic E-state index is 0.277. The number of carbonyl (C=O) groups is 1. The summed E-state index contributed by atoms with van der Waals surface area (Å²) in [6.45, 7) is 8.46. The fourth-order valence-electron chi connectivity index (χ4n) is 1.86. The molecule has 0 aliphatic carbocycles. The lowest BCUT2D eigenvalue weighted by Crippen LogP contribution is -2.33. The number of benzene rings is 1. The van der Waals surface area contributed by atoms with Crippen LogP contribution < -0.4 is 5.32 Å². The monoisotopic (exact) mass is 281 g/mol. The van der Waals surface area contributed by atoms with Crippen LogP contribution in [-0.2, 0) is 6.54 Å². The summed E-state index contributed by atoms with van der Waals surface area (Å²) in [5, 5.41) is 12.8. The Morgan fingerprint density at radius 1 is 1.32 bits per heavy atom. The van der Waals surface area contributed by atoms with Crippen molar-refractivity contribution in [2.24, 2.45) is 5.41 Å². The molecular formula is C15H23NO2S. The minimum Gasteiger partial charge on any atom is -0.478 e. The number of thioether (sulfide) groups is 1. The van der Waals surface area contributed by atoms with Gasteiger partial charge in [-0.25, -0.2) is 4.79 Å². The van der Waals surface area contributed by atoms with Crippen molar-refractivity contribution in [2.75, 3.05) is 12.8 Å². The molecule has 106 valence electrons. The second-order valence-electron chi connectivity index (χ2n) is 5.72. The van der Waals surface area contributed by atoms with Gasteiger partial charge in [-0.1, -0.05) is 32.9 Å². The van der Waals surface area contributed by atoms with Crippen LogP contribution in [0.4, 0.5) is 0 Å². The standard InChI is InChI=1S/C15H23NO2S/c1-15(2,3)13(19-4)10-16-9-11-5-7-12(8-6-11)14(17)18/h5-8,13,16H,9-10H2,1-4H3,(H,17,18). The maximum Gasteiger partial charge on any atom is 0.335 e. The molecule has 0 radical (unpaired) electrons. The van der Waals surface area contributed by atoms with E-state index < -0.39 is 5.97 Å². The van der Waals surface area contributed by atoms with Crippen LogP contribution in [0, 0.1) is 5.41 Å². The van der Waals surface area contributed by atoms with E-state index in [1.807, 2.05) is 23.9 Å². The molecule has 0 saturated heterocycles. The van der Waals surface area contributed by atoms with Gasteiger partial charge in [-0.15, -0.1) is 0 Å². The molecular weight excluding hydrogens is 258 g/mol. The first-order valence-electron chi connectivity index (χ1n) is 6.40. The van der Waals surface area contributed by atoms with Crippen molar-refractivity contribution in [1.82, 2.24) is 5.32 Å². The summed E-state index contributed by atoms with van der Waals surface area (Å²) in [4.78, 5) is 10.7. The van der Waals surface area contributed by atoms with Gasteiger partial charge in [0, 0.05) is 18.3 Å². The van der Waals surface area contributed by atoms with Crippen LogP contribution in [-0.4, -0.2) is 29.1 Å². The van der Waals surface area contributed by atoms with Crippen LogP contribution in [0.1, 0.15) is 36.7 Å². The summed E-state index contributed by atoms with van der Waals surface area (Å²) in [5.41, 5.74) is 1.72. The molecule has 0 aliphatic heterocycles. The number of hydrogen-bond donors (Lipinski definition) is 2. The van der Waals surface area contributed by atoms with Gasteiger partial charge < -0.3 is 10.4 Å². The molecule has 1 rings (SSSR count). The minimum atomic E-state index is -0.880. The molecule has 3 nitrogen and oxygen atoms in total. The zero-order chi connectivity index (χ0) is 14.5. The molecule has 0 bridgehead atoms. The number of rotatable bonds is 6. The maximum absolute atomic E-state index is 10.7. The van der Waals surface area contributed by atoms with Gasteiger partial charge >= 0.3 is 5.97 Å². The lowest BCUT2D eigenvalue weighted by molar-refractivity contribution is 0.0697. The smallest absolute Gasteiger partial charge is 0.335 e. The second kappa shape index (κ2) is 6.96. The van der Waals surface area contributed by atoms with Crippen molar-refractivity contribution < 1.29 is 9.90 Å². The number of carboxylic acid groups (broad SMARTS) is 1. The van der Waals surface area contributed by atoms with Gasteiger partial charge in [-0.3, -0.25) is 0 Å². The fourth-order valence-corrected chi connectivity index (χ4v) is 2.85.